The van der Waals surface area contributed by atoms with Crippen molar-refractivity contribution in [2.24, 2.45) is 0 Å². The molecule has 2 N–H and O–H groups in total. The molecule has 4 rings (SSSR count). The molecule has 4 heterocycles. The van der Waals surface area contributed by atoms with E-state index in [1.165, 1.54) is 0 Å². The van der Waals surface area contributed by atoms with Gasteiger partial charge in [-0.3, -0.25) is 19.7 Å². The second kappa shape index (κ2) is 10.1. The summed E-state index contributed by atoms with van der Waals surface area (Å²) in [5.74, 6) is 0.340. The van der Waals surface area contributed by atoms with Crippen molar-refractivity contribution in [2.45, 2.75) is 13.0 Å². The highest BCUT2D eigenvalue weighted by atomic mass is 16.1. The zero-order valence-electron chi connectivity index (χ0n) is 16.9. The van der Waals surface area contributed by atoms with Gasteiger partial charge in [0.05, 0.1) is 11.3 Å². The third kappa shape index (κ3) is 5.48. The van der Waals surface area contributed by atoms with E-state index in [0.29, 0.717) is 24.5 Å². The lowest BCUT2D eigenvalue weighted by Gasteiger charge is -2.13. The predicted molar refractivity (Wildman–Crippen MR) is 119 cm³/mol. The number of anilines is 1. The van der Waals surface area contributed by atoms with Crippen molar-refractivity contribution in [3.05, 3.63) is 102 Å². The smallest absolute Gasteiger partial charge is 0.255 e. The molecule has 7 heteroatoms. The van der Waals surface area contributed by atoms with Crippen LogP contribution in [0.5, 0.6) is 0 Å². The van der Waals surface area contributed by atoms with Crippen LogP contribution in [0.1, 0.15) is 21.6 Å². The number of nitrogens with one attached hydrogen (secondary N) is 2. The lowest BCUT2D eigenvalue weighted by Crippen LogP contribution is -2.25. The molecular weight excluding hydrogens is 388 g/mol. The van der Waals surface area contributed by atoms with Crippen LogP contribution in [0.3, 0.4) is 0 Å². The van der Waals surface area contributed by atoms with Crippen molar-refractivity contribution in [1.82, 2.24) is 25.3 Å². The Morgan fingerprint density at radius 2 is 1.77 bits per heavy atom. The van der Waals surface area contributed by atoms with Gasteiger partial charge in [0.15, 0.2) is 0 Å². The van der Waals surface area contributed by atoms with Gasteiger partial charge in [-0.25, -0.2) is 4.98 Å². The Bertz CT molecular complexity index is 1120. The van der Waals surface area contributed by atoms with Gasteiger partial charge in [-0.05, 0) is 48.0 Å². The Hall–Kier alpha value is -4.13. The second-order valence-electron chi connectivity index (χ2n) is 6.87. The summed E-state index contributed by atoms with van der Waals surface area (Å²) >= 11 is 0. The van der Waals surface area contributed by atoms with Gasteiger partial charge in [0.2, 0.25) is 0 Å². The number of nitrogens with zero attached hydrogens (tertiary/aromatic N) is 4. The first-order valence-electron chi connectivity index (χ1n) is 10.0. The van der Waals surface area contributed by atoms with Crippen LogP contribution in [0.4, 0.5) is 5.82 Å². The Kier molecular flexibility index (Phi) is 6.54. The van der Waals surface area contributed by atoms with Gasteiger partial charge in [0.1, 0.15) is 5.82 Å². The molecule has 4 aromatic rings. The monoisotopic (exact) mass is 410 g/mol. The van der Waals surface area contributed by atoms with Crippen molar-refractivity contribution >= 4 is 11.7 Å². The van der Waals surface area contributed by atoms with Gasteiger partial charge in [-0.2, -0.15) is 0 Å². The number of rotatable bonds is 8. The number of aromatic nitrogens is 4. The standard InChI is InChI=1S/C24H22N6O/c31-24(29-17-18-4-3-11-26-16-18)21-6-7-22(19-8-13-25-14-9-19)30-23(21)28-15-10-20-5-1-2-12-27-20/h1-9,11-14,16H,10,15,17H2,(H,28,30)(H,29,31). The summed E-state index contributed by atoms with van der Waals surface area (Å²) in [6.45, 7) is 0.999. The van der Waals surface area contributed by atoms with Crippen LogP contribution in [0.2, 0.25) is 0 Å². The maximum absolute atomic E-state index is 12.9. The van der Waals surface area contributed by atoms with E-state index in [2.05, 4.69) is 25.6 Å². The van der Waals surface area contributed by atoms with Crippen molar-refractivity contribution in [3.63, 3.8) is 0 Å². The van der Waals surface area contributed by atoms with Crippen LogP contribution in [0, 0.1) is 0 Å². The molecule has 0 aliphatic carbocycles. The fraction of sp³-hybridized carbons (Fsp3) is 0.125. The lowest BCUT2D eigenvalue weighted by molar-refractivity contribution is 0.0951. The highest BCUT2D eigenvalue weighted by molar-refractivity contribution is 5.99. The topological polar surface area (TPSA) is 92.7 Å². The molecule has 0 atom stereocenters. The third-order valence-electron chi connectivity index (χ3n) is 4.69. The van der Waals surface area contributed by atoms with Crippen LogP contribution in [0.25, 0.3) is 11.3 Å². The first kappa shape index (κ1) is 20.2. The van der Waals surface area contributed by atoms with Crippen molar-refractivity contribution in [3.8, 4) is 11.3 Å². The van der Waals surface area contributed by atoms with Crippen LogP contribution in [0.15, 0.2) is 85.6 Å². The number of carbonyl (C=O) groups excluding carboxylic acids is 1. The van der Waals surface area contributed by atoms with E-state index in [4.69, 9.17) is 4.98 Å². The van der Waals surface area contributed by atoms with E-state index in [0.717, 1.165) is 28.9 Å². The minimum Gasteiger partial charge on any atom is -0.369 e. The minimum atomic E-state index is -0.196. The average molecular weight is 410 g/mol. The maximum atomic E-state index is 12.9. The summed E-state index contributed by atoms with van der Waals surface area (Å²) in [4.78, 5) is 30.1. The summed E-state index contributed by atoms with van der Waals surface area (Å²) in [6.07, 6.45) is 9.38. The molecule has 0 fully saturated rings. The Balaban J connectivity index is 1.53. The summed E-state index contributed by atoms with van der Waals surface area (Å²) in [7, 11) is 0. The van der Waals surface area contributed by atoms with Gasteiger partial charge in [-0.1, -0.05) is 12.1 Å². The molecule has 0 saturated heterocycles. The van der Waals surface area contributed by atoms with E-state index in [-0.39, 0.29) is 5.91 Å². The van der Waals surface area contributed by atoms with Crippen LogP contribution < -0.4 is 10.6 Å². The number of hydrogen-bond donors (Lipinski definition) is 2. The number of carbonyl (C=O) groups is 1. The lowest BCUT2D eigenvalue weighted by atomic mass is 10.1. The maximum Gasteiger partial charge on any atom is 0.255 e. The Labute approximate surface area is 180 Å². The fourth-order valence-corrected chi connectivity index (χ4v) is 3.10. The average Bonchev–Trinajstić information content (AvgIpc) is 2.84. The quantitative estimate of drug-likeness (QED) is 0.462. The van der Waals surface area contributed by atoms with Crippen LogP contribution >= 0.6 is 0 Å². The fourth-order valence-electron chi connectivity index (χ4n) is 3.10. The van der Waals surface area contributed by atoms with Gasteiger partial charge < -0.3 is 10.6 Å². The highest BCUT2D eigenvalue weighted by Crippen LogP contribution is 2.21. The summed E-state index contributed by atoms with van der Waals surface area (Å²) in [5.41, 5.74) is 4.10. The molecule has 31 heavy (non-hydrogen) atoms. The second-order valence-corrected chi connectivity index (χ2v) is 6.87. The molecule has 4 aromatic heterocycles. The molecule has 1 amide bonds. The van der Waals surface area contributed by atoms with Crippen molar-refractivity contribution in [2.75, 3.05) is 11.9 Å². The molecule has 0 bridgehead atoms. The van der Waals surface area contributed by atoms with E-state index >= 15 is 0 Å². The molecular formula is C24H22N6O. The summed E-state index contributed by atoms with van der Waals surface area (Å²) < 4.78 is 0. The number of amides is 1. The molecule has 0 radical (unpaired) electrons. The van der Waals surface area contributed by atoms with E-state index in [9.17, 15) is 4.79 Å². The third-order valence-corrected chi connectivity index (χ3v) is 4.69. The number of pyridine rings is 4. The van der Waals surface area contributed by atoms with E-state index < -0.39 is 0 Å². The molecule has 7 nitrogen and oxygen atoms in total. The van der Waals surface area contributed by atoms with E-state index in [1.54, 1.807) is 37.1 Å². The molecule has 0 unspecified atom stereocenters. The summed E-state index contributed by atoms with van der Waals surface area (Å²) in [5, 5.41) is 6.25. The molecule has 0 saturated carbocycles. The molecule has 0 aliphatic rings. The van der Waals surface area contributed by atoms with Gasteiger partial charge in [-0.15, -0.1) is 0 Å². The normalized spacial score (nSPS) is 10.5. The first-order valence-corrected chi connectivity index (χ1v) is 10.0. The first-order chi connectivity index (χ1) is 15.3. The zero-order valence-corrected chi connectivity index (χ0v) is 16.9. The SMILES string of the molecule is O=C(NCc1cccnc1)c1ccc(-c2ccncc2)nc1NCCc1ccccn1. The van der Waals surface area contributed by atoms with E-state index in [1.807, 2.05) is 48.5 Å². The molecule has 154 valence electrons. The van der Waals surface area contributed by atoms with Crippen LogP contribution in [-0.4, -0.2) is 32.4 Å². The van der Waals surface area contributed by atoms with Gasteiger partial charge in [0, 0.05) is 61.8 Å². The highest BCUT2D eigenvalue weighted by Gasteiger charge is 2.14. The predicted octanol–water partition coefficient (Wildman–Crippen LogP) is 3.52. The number of hydrogen-bond acceptors (Lipinski definition) is 6. The minimum absolute atomic E-state index is 0.196. The van der Waals surface area contributed by atoms with Crippen molar-refractivity contribution in [1.29, 1.82) is 0 Å². The van der Waals surface area contributed by atoms with Crippen LogP contribution in [-0.2, 0) is 13.0 Å². The molecule has 0 spiro atoms. The van der Waals surface area contributed by atoms with Gasteiger partial charge in [0.25, 0.3) is 5.91 Å². The molecule has 0 aliphatic heterocycles. The molecule has 0 aromatic carbocycles. The largest absolute Gasteiger partial charge is 0.369 e. The Morgan fingerprint density at radius 3 is 2.55 bits per heavy atom. The zero-order chi connectivity index (χ0) is 21.3. The Morgan fingerprint density at radius 1 is 0.871 bits per heavy atom. The summed E-state index contributed by atoms with van der Waals surface area (Å²) in [6, 6.07) is 17.0. The van der Waals surface area contributed by atoms with Gasteiger partial charge >= 0.3 is 0 Å². The van der Waals surface area contributed by atoms with Crippen molar-refractivity contribution < 1.29 is 4.79 Å².